The van der Waals surface area contributed by atoms with E-state index in [1.807, 2.05) is 0 Å². The largest absolute Gasteiger partial charge is 0.463 e. The predicted molar refractivity (Wildman–Crippen MR) is 214 cm³/mol. The van der Waals surface area contributed by atoms with E-state index < -0.39 is 0 Å². The van der Waals surface area contributed by atoms with Gasteiger partial charge in [0, 0.05) is 20.1 Å². The van der Waals surface area contributed by atoms with Gasteiger partial charge in [-0.3, -0.25) is 4.79 Å². The van der Waals surface area contributed by atoms with Crippen LogP contribution in [0.15, 0.2) is 0 Å². The monoisotopic (exact) mass is 695 g/mol. The Morgan fingerprint density at radius 3 is 1.04 bits per heavy atom. The van der Waals surface area contributed by atoms with Crippen LogP contribution in [0.1, 0.15) is 205 Å². The predicted octanol–water partition coefficient (Wildman–Crippen LogP) is 13.9. The van der Waals surface area contributed by atoms with Crippen molar-refractivity contribution in [3.63, 3.8) is 0 Å². The third kappa shape index (κ3) is 34.3. The van der Waals surface area contributed by atoms with E-state index >= 15 is 0 Å². The topological polar surface area (TPSA) is 44.8 Å². The first-order valence-electron chi connectivity index (χ1n) is 21.6. The van der Waals surface area contributed by atoms with E-state index in [0.717, 1.165) is 55.0 Å². The minimum atomic E-state index is -0.254. The van der Waals surface area contributed by atoms with Gasteiger partial charge in [-0.1, -0.05) is 185 Å². The number of carbonyl (C=O) groups excluding carboxylic acids is 1. The molecule has 0 aromatic heterocycles. The molecule has 0 rings (SSSR count). The molecule has 4 nitrogen and oxygen atoms in total. The van der Waals surface area contributed by atoms with Gasteiger partial charge in [0.05, 0.1) is 6.61 Å². The summed E-state index contributed by atoms with van der Waals surface area (Å²) < 4.78 is 17.5. The van der Waals surface area contributed by atoms with Gasteiger partial charge in [-0.05, 0) is 60.2 Å². The molecule has 4 heteroatoms. The number of carbonyl (C=O) groups is 1. The third-order valence-corrected chi connectivity index (χ3v) is 11.0. The van der Waals surface area contributed by atoms with Gasteiger partial charge in [0.15, 0.2) is 0 Å². The second-order valence-corrected chi connectivity index (χ2v) is 18.0. The van der Waals surface area contributed by atoms with Gasteiger partial charge in [0.25, 0.3) is 0 Å². The Bertz CT molecular complexity index is 721. The molecule has 0 aliphatic heterocycles. The van der Waals surface area contributed by atoms with Gasteiger partial charge in [-0.25, -0.2) is 0 Å². The molecule has 0 radical (unpaired) electrons. The van der Waals surface area contributed by atoms with Gasteiger partial charge in [-0.2, -0.15) is 0 Å². The minimum absolute atomic E-state index is 0.182. The fraction of sp³-hybridized carbons (Fsp3) is 0.978. The molecule has 0 fully saturated rings. The molecule has 0 N–H and O–H groups in total. The van der Waals surface area contributed by atoms with Crippen molar-refractivity contribution in [1.29, 1.82) is 0 Å². The Labute approximate surface area is 308 Å². The fourth-order valence-corrected chi connectivity index (χ4v) is 7.16. The molecular weight excluding hydrogens is 604 g/mol. The van der Waals surface area contributed by atoms with Crippen molar-refractivity contribution in [2.45, 2.75) is 211 Å². The Morgan fingerprint density at radius 2 is 0.714 bits per heavy atom. The smallest absolute Gasteiger partial charge is 0.302 e. The van der Waals surface area contributed by atoms with Crippen molar-refractivity contribution in [2.75, 3.05) is 26.4 Å². The summed E-state index contributed by atoms with van der Waals surface area (Å²) in [6.07, 6.45) is 26.5. The van der Waals surface area contributed by atoms with Crippen LogP contribution in [0.4, 0.5) is 0 Å². The van der Waals surface area contributed by atoms with E-state index in [4.69, 9.17) is 14.2 Å². The lowest BCUT2D eigenvalue weighted by Crippen LogP contribution is -2.28. The van der Waals surface area contributed by atoms with E-state index in [1.165, 1.54) is 122 Å². The highest BCUT2D eigenvalue weighted by Crippen LogP contribution is 2.24. The van der Waals surface area contributed by atoms with Crippen LogP contribution in [0.25, 0.3) is 0 Å². The first-order valence-corrected chi connectivity index (χ1v) is 21.6. The minimum Gasteiger partial charge on any atom is -0.463 e. The number of rotatable bonds is 35. The summed E-state index contributed by atoms with van der Waals surface area (Å²) >= 11 is 0. The van der Waals surface area contributed by atoms with Crippen molar-refractivity contribution < 1.29 is 19.0 Å². The lowest BCUT2D eigenvalue weighted by molar-refractivity contribution is -0.147. The van der Waals surface area contributed by atoms with E-state index in [2.05, 4.69) is 69.2 Å². The molecule has 0 spiro atoms. The number of ether oxygens (including phenoxy) is 3. The van der Waals surface area contributed by atoms with Gasteiger partial charge in [-0.15, -0.1) is 0 Å². The van der Waals surface area contributed by atoms with E-state index in [0.29, 0.717) is 25.0 Å². The Hall–Kier alpha value is -0.610. The Balaban J connectivity index is 4.06. The molecule has 294 valence electrons. The lowest BCUT2D eigenvalue weighted by atomic mass is 9.91. The highest BCUT2D eigenvalue weighted by molar-refractivity contribution is 5.65. The molecule has 49 heavy (non-hydrogen) atoms. The normalized spacial score (nSPS) is 16.4. The van der Waals surface area contributed by atoms with Crippen LogP contribution in [0.3, 0.4) is 0 Å². The molecule has 7 atom stereocenters. The molecule has 0 bridgehead atoms. The van der Waals surface area contributed by atoms with Gasteiger partial charge in [0.1, 0.15) is 12.7 Å². The van der Waals surface area contributed by atoms with Gasteiger partial charge >= 0.3 is 5.97 Å². The van der Waals surface area contributed by atoms with Crippen molar-refractivity contribution in [3.8, 4) is 0 Å². The molecule has 7 unspecified atom stereocenters. The Kier molecular flexibility index (Phi) is 31.7. The number of hydrogen-bond donors (Lipinski definition) is 0. The summed E-state index contributed by atoms with van der Waals surface area (Å²) in [5.41, 5.74) is 0. The highest BCUT2D eigenvalue weighted by Gasteiger charge is 2.15. The second-order valence-electron chi connectivity index (χ2n) is 18.0. The zero-order valence-electron chi connectivity index (χ0n) is 35.3. The average Bonchev–Trinajstić information content (AvgIpc) is 3.01. The lowest BCUT2D eigenvalue weighted by Gasteiger charge is -2.20. The van der Waals surface area contributed by atoms with Crippen molar-refractivity contribution >= 4 is 5.97 Å². The number of esters is 1. The first-order chi connectivity index (χ1) is 23.3. The molecule has 0 amide bonds. The molecule has 0 saturated heterocycles. The third-order valence-electron chi connectivity index (χ3n) is 11.0. The molecule has 0 aliphatic carbocycles. The van der Waals surface area contributed by atoms with Crippen molar-refractivity contribution in [1.82, 2.24) is 0 Å². The van der Waals surface area contributed by atoms with Crippen LogP contribution in [0, 0.1) is 47.3 Å². The fourth-order valence-electron chi connectivity index (χ4n) is 7.16. The summed E-state index contributed by atoms with van der Waals surface area (Å²) in [6, 6.07) is 0. The molecule has 0 aliphatic rings. The second kappa shape index (κ2) is 32.1. The van der Waals surface area contributed by atoms with Crippen LogP contribution in [-0.4, -0.2) is 38.5 Å². The summed E-state index contributed by atoms with van der Waals surface area (Å²) in [5.74, 6) is 6.18. The number of hydrogen-bond acceptors (Lipinski definition) is 4. The van der Waals surface area contributed by atoms with Gasteiger partial charge < -0.3 is 14.2 Å². The highest BCUT2D eigenvalue weighted by atomic mass is 16.6. The van der Waals surface area contributed by atoms with Crippen molar-refractivity contribution in [3.05, 3.63) is 0 Å². The van der Waals surface area contributed by atoms with Crippen LogP contribution in [0.2, 0.25) is 0 Å². The van der Waals surface area contributed by atoms with Gasteiger partial charge in [0.2, 0.25) is 0 Å². The van der Waals surface area contributed by atoms with Crippen LogP contribution < -0.4 is 0 Å². The SMILES string of the molecule is CC(=O)OCC(COCCC(C)CCCC(C)CCCC(C)CCCC(C)C)OCCC(C)CCCC(C)CCCC(C)CCCC(C)C. The zero-order valence-corrected chi connectivity index (χ0v) is 35.3. The maximum atomic E-state index is 11.5. The van der Waals surface area contributed by atoms with Crippen LogP contribution >= 0.6 is 0 Å². The quantitative estimate of drug-likeness (QED) is 0.0489. The summed E-state index contributed by atoms with van der Waals surface area (Å²) in [4.78, 5) is 11.5. The van der Waals surface area contributed by atoms with E-state index in [9.17, 15) is 4.79 Å². The average molecular weight is 695 g/mol. The summed E-state index contributed by atoms with van der Waals surface area (Å²) in [5, 5.41) is 0. The maximum absolute atomic E-state index is 11.5. The summed E-state index contributed by atoms with van der Waals surface area (Å²) in [7, 11) is 0. The van der Waals surface area contributed by atoms with Crippen molar-refractivity contribution in [2.24, 2.45) is 47.3 Å². The first kappa shape index (κ1) is 48.4. The van der Waals surface area contributed by atoms with E-state index in [-0.39, 0.29) is 18.7 Å². The van der Waals surface area contributed by atoms with Crippen LogP contribution in [-0.2, 0) is 19.0 Å². The molecular formula is C45H90O4. The maximum Gasteiger partial charge on any atom is 0.302 e. The molecule has 0 saturated carbocycles. The van der Waals surface area contributed by atoms with E-state index in [1.54, 1.807) is 0 Å². The summed E-state index contributed by atoms with van der Waals surface area (Å²) in [6.45, 7) is 27.5. The van der Waals surface area contributed by atoms with Crippen LogP contribution in [0.5, 0.6) is 0 Å². The molecule has 0 aromatic rings. The molecule has 0 heterocycles. The zero-order chi connectivity index (χ0) is 36.9. The standard InChI is InChI=1S/C45H90O4/c1-36(2)18-12-20-38(5)22-14-24-40(7)26-16-28-42(9)30-32-47-34-45(35-49-44(11)46)48-33-31-43(10)29-17-27-41(8)25-15-23-39(6)21-13-19-37(3)4/h36-43,45H,12-35H2,1-11H3. The Morgan fingerprint density at radius 1 is 0.408 bits per heavy atom. The molecule has 0 aromatic carbocycles.